The largest absolute Gasteiger partial charge is 0.220 e. The summed E-state index contributed by atoms with van der Waals surface area (Å²) in [6, 6.07) is 10.1. The molecule has 0 spiro atoms. The Labute approximate surface area is 97.5 Å². The SMILES string of the molecule is Cc1ccc2nc(-c3ccc(F)cc3)nn2c1. The van der Waals surface area contributed by atoms with E-state index >= 15 is 0 Å². The number of pyridine rings is 1. The molecular weight excluding hydrogens is 217 g/mol. The van der Waals surface area contributed by atoms with E-state index in [9.17, 15) is 4.39 Å². The standard InChI is InChI=1S/C13H10FN3/c1-9-2-7-12-15-13(16-17(12)8-9)10-3-5-11(14)6-4-10/h2-8H,1H3. The first kappa shape index (κ1) is 9.96. The lowest BCUT2D eigenvalue weighted by Crippen LogP contribution is -1.87. The molecule has 0 N–H and O–H groups in total. The lowest BCUT2D eigenvalue weighted by Gasteiger charge is -1.93. The molecular formula is C13H10FN3. The van der Waals surface area contributed by atoms with Crippen molar-refractivity contribution >= 4 is 5.65 Å². The average molecular weight is 227 g/mol. The maximum atomic E-state index is 12.8. The molecule has 0 amide bonds. The van der Waals surface area contributed by atoms with Crippen LogP contribution in [0.25, 0.3) is 17.0 Å². The summed E-state index contributed by atoms with van der Waals surface area (Å²) in [5.74, 6) is 0.351. The van der Waals surface area contributed by atoms with E-state index in [2.05, 4.69) is 10.1 Å². The number of hydrogen-bond donors (Lipinski definition) is 0. The Morgan fingerprint density at radius 1 is 1.06 bits per heavy atom. The third-order valence-corrected chi connectivity index (χ3v) is 2.58. The molecule has 0 aliphatic rings. The minimum atomic E-state index is -0.256. The molecule has 0 bridgehead atoms. The minimum absolute atomic E-state index is 0.256. The Morgan fingerprint density at radius 3 is 2.59 bits per heavy atom. The summed E-state index contributed by atoms with van der Waals surface area (Å²) in [6.07, 6.45) is 1.91. The number of fused-ring (bicyclic) bond motifs is 1. The van der Waals surface area contributed by atoms with E-state index in [1.165, 1.54) is 12.1 Å². The third-order valence-electron chi connectivity index (χ3n) is 2.58. The number of halogens is 1. The van der Waals surface area contributed by atoms with Crippen molar-refractivity contribution in [3.8, 4) is 11.4 Å². The summed E-state index contributed by atoms with van der Waals surface area (Å²) in [4.78, 5) is 4.38. The lowest BCUT2D eigenvalue weighted by molar-refractivity contribution is 0.628. The predicted octanol–water partition coefficient (Wildman–Crippen LogP) is 2.84. The zero-order chi connectivity index (χ0) is 11.8. The fourth-order valence-corrected chi connectivity index (χ4v) is 1.71. The first-order valence-corrected chi connectivity index (χ1v) is 5.31. The number of aryl methyl sites for hydroxylation is 1. The van der Waals surface area contributed by atoms with Crippen LogP contribution in [0.1, 0.15) is 5.56 Å². The van der Waals surface area contributed by atoms with Gasteiger partial charge in [0.2, 0.25) is 0 Å². The average Bonchev–Trinajstić information content (AvgIpc) is 2.72. The van der Waals surface area contributed by atoms with Crippen LogP contribution in [-0.2, 0) is 0 Å². The smallest absolute Gasteiger partial charge is 0.182 e. The highest BCUT2D eigenvalue weighted by molar-refractivity contribution is 5.57. The van der Waals surface area contributed by atoms with E-state index in [1.807, 2.05) is 25.3 Å². The van der Waals surface area contributed by atoms with Crippen molar-refractivity contribution in [1.82, 2.24) is 14.6 Å². The van der Waals surface area contributed by atoms with Crippen LogP contribution in [0.5, 0.6) is 0 Å². The van der Waals surface area contributed by atoms with E-state index in [0.29, 0.717) is 5.82 Å². The summed E-state index contributed by atoms with van der Waals surface area (Å²) in [7, 11) is 0. The molecule has 0 saturated heterocycles. The number of hydrogen-bond acceptors (Lipinski definition) is 2. The molecule has 0 aliphatic heterocycles. The highest BCUT2D eigenvalue weighted by atomic mass is 19.1. The summed E-state index contributed by atoms with van der Waals surface area (Å²) in [5, 5.41) is 4.36. The molecule has 1 aromatic carbocycles. The van der Waals surface area contributed by atoms with Gasteiger partial charge in [0.15, 0.2) is 11.5 Å². The van der Waals surface area contributed by atoms with Gasteiger partial charge in [0.1, 0.15) is 5.82 Å². The number of benzene rings is 1. The number of aromatic nitrogens is 3. The van der Waals surface area contributed by atoms with Crippen LogP contribution >= 0.6 is 0 Å². The summed E-state index contributed by atoms with van der Waals surface area (Å²) >= 11 is 0. The minimum Gasteiger partial charge on any atom is -0.220 e. The zero-order valence-corrected chi connectivity index (χ0v) is 9.26. The van der Waals surface area contributed by atoms with Crippen molar-refractivity contribution in [3.63, 3.8) is 0 Å². The van der Waals surface area contributed by atoms with Crippen LogP contribution in [0.3, 0.4) is 0 Å². The van der Waals surface area contributed by atoms with Crippen molar-refractivity contribution in [2.24, 2.45) is 0 Å². The van der Waals surface area contributed by atoms with Crippen LogP contribution in [0, 0.1) is 12.7 Å². The molecule has 3 nitrogen and oxygen atoms in total. The molecule has 3 rings (SSSR count). The Hall–Kier alpha value is -2.23. The van der Waals surface area contributed by atoms with Gasteiger partial charge in [0, 0.05) is 11.8 Å². The van der Waals surface area contributed by atoms with Crippen LogP contribution in [0.15, 0.2) is 42.6 Å². The van der Waals surface area contributed by atoms with E-state index in [-0.39, 0.29) is 5.82 Å². The molecule has 4 heteroatoms. The zero-order valence-electron chi connectivity index (χ0n) is 9.26. The van der Waals surface area contributed by atoms with Crippen molar-refractivity contribution in [2.75, 3.05) is 0 Å². The highest BCUT2D eigenvalue weighted by Crippen LogP contribution is 2.16. The molecule has 3 aromatic rings. The molecule has 0 radical (unpaired) electrons. The van der Waals surface area contributed by atoms with Gasteiger partial charge in [-0.3, -0.25) is 0 Å². The molecule has 2 heterocycles. The van der Waals surface area contributed by atoms with Gasteiger partial charge in [-0.25, -0.2) is 13.9 Å². The van der Waals surface area contributed by atoms with Crippen molar-refractivity contribution < 1.29 is 4.39 Å². The Bertz CT molecular complexity index is 671. The van der Waals surface area contributed by atoms with Gasteiger partial charge in [-0.15, -0.1) is 5.10 Å². The number of rotatable bonds is 1. The second-order valence-corrected chi connectivity index (χ2v) is 3.95. The predicted molar refractivity (Wildman–Crippen MR) is 63.1 cm³/mol. The molecule has 0 aliphatic carbocycles. The second-order valence-electron chi connectivity index (χ2n) is 3.95. The van der Waals surface area contributed by atoms with E-state index in [1.54, 1.807) is 16.6 Å². The fourth-order valence-electron chi connectivity index (χ4n) is 1.71. The highest BCUT2D eigenvalue weighted by Gasteiger charge is 2.05. The van der Waals surface area contributed by atoms with E-state index in [4.69, 9.17) is 0 Å². The van der Waals surface area contributed by atoms with Crippen molar-refractivity contribution in [3.05, 3.63) is 54.0 Å². The van der Waals surface area contributed by atoms with Gasteiger partial charge < -0.3 is 0 Å². The van der Waals surface area contributed by atoms with Crippen molar-refractivity contribution in [1.29, 1.82) is 0 Å². The van der Waals surface area contributed by atoms with Gasteiger partial charge in [-0.2, -0.15) is 0 Å². The molecule has 0 atom stereocenters. The van der Waals surface area contributed by atoms with E-state index in [0.717, 1.165) is 16.8 Å². The lowest BCUT2D eigenvalue weighted by atomic mass is 10.2. The molecule has 0 fully saturated rings. The maximum Gasteiger partial charge on any atom is 0.182 e. The van der Waals surface area contributed by atoms with Crippen molar-refractivity contribution in [2.45, 2.75) is 6.92 Å². The van der Waals surface area contributed by atoms with Crippen LogP contribution in [-0.4, -0.2) is 14.6 Å². The quantitative estimate of drug-likeness (QED) is 0.640. The Balaban J connectivity index is 2.14. The van der Waals surface area contributed by atoms with Gasteiger partial charge in [-0.05, 0) is 42.8 Å². The van der Waals surface area contributed by atoms with Crippen LogP contribution in [0.2, 0.25) is 0 Å². The molecule has 2 aromatic heterocycles. The van der Waals surface area contributed by atoms with Crippen LogP contribution in [0.4, 0.5) is 4.39 Å². The first-order valence-electron chi connectivity index (χ1n) is 5.31. The van der Waals surface area contributed by atoms with Gasteiger partial charge >= 0.3 is 0 Å². The van der Waals surface area contributed by atoms with Gasteiger partial charge in [0.05, 0.1) is 0 Å². The van der Waals surface area contributed by atoms with Gasteiger partial charge in [-0.1, -0.05) is 6.07 Å². The molecule has 17 heavy (non-hydrogen) atoms. The second kappa shape index (κ2) is 3.66. The fraction of sp³-hybridized carbons (Fsp3) is 0.0769. The maximum absolute atomic E-state index is 12.8. The first-order chi connectivity index (χ1) is 8.22. The molecule has 0 saturated carbocycles. The number of nitrogens with zero attached hydrogens (tertiary/aromatic N) is 3. The summed E-state index contributed by atoms with van der Waals surface area (Å²) in [5.41, 5.74) is 2.72. The van der Waals surface area contributed by atoms with Crippen LogP contribution < -0.4 is 0 Å². The van der Waals surface area contributed by atoms with Gasteiger partial charge in [0.25, 0.3) is 0 Å². The molecule has 0 unspecified atom stereocenters. The summed E-state index contributed by atoms with van der Waals surface area (Å²) in [6.45, 7) is 2.00. The Morgan fingerprint density at radius 2 is 1.82 bits per heavy atom. The van der Waals surface area contributed by atoms with E-state index < -0.39 is 0 Å². The monoisotopic (exact) mass is 227 g/mol. The molecule has 84 valence electrons. The normalized spacial score (nSPS) is 10.9. The topological polar surface area (TPSA) is 30.2 Å². The third kappa shape index (κ3) is 1.78. The summed E-state index contributed by atoms with van der Waals surface area (Å²) < 4.78 is 14.5. The Kier molecular flexibility index (Phi) is 2.14.